The minimum atomic E-state index is -0.0317. The second kappa shape index (κ2) is 10.4. The van der Waals surface area contributed by atoms with Crippen LogP contribution in [-0.4, -0.2) is 25.7 Å². The Morgan fingerprint density at radius 3 is 2.87 bits per heavy atom. The van der Waals surface area contributed by atoms with Gasteiger partial charge in [0.1, 0.15) is 0 Å². The van der Waals surface area contributed by atoms with Gasteiger partial charge in [0.25, 0.3) is 0 Å². The van der Waals surface area contributed by atoms with E-state index in [2.05, 4.69) is 16.4 Å². The predicted molar refractivity (Wildman–Crippen MR) is 108 cm³/mol. The van der Waals surface area contributed by atoms with Gasteiger partial charge in [-0.15, -0.1) is 24.0 Å². The van der Waals surface area contributed by atoms with Gasteiger partial charge in [0.05, 0.1) is 19.3 Å². The topological polar surface area (TPSA) is 59.6 Å². The monoisotopic (exact) mass is 469 g/mol. The molecule has 1 heterocycles. The number of nitrogens with two attached hydrogens (primary N) is 1. The van der Waals surface area contributed by atoms with E-state index < -0.39 is 0 Å². The summed E-state index contributed by atoms with van der Waals surface area (Å²) in [7, 11) is 0. The van der Waals surface area contributed by atoms with Crippen LogP contribution in [-0.2, 0) is 4.74 Å². The van der Waals surface area contributed by atoms with Crippen molar-refractivity contribution in [2.75, 3.05) is 19.8 Å². The summed E-state index contributed by atoms with van der Waals surface area (Å²) in [5, 5.41) is 4.39. The summed E-state index contributed by atoms with van der Waals surface area (Å²) in [5.74, 6) is 0.422. The number of benzene rings is 1. The highest BCUT2D eigenvalue weighted by atomic mass is 127. The lowest BCUT2D eigenvalue weighted by molar-refractivity contribution is 0.153. The largest absolute Gasteiger partial charge is 0.377 e. The number of nitrogens with one attached hydrogen (secondary N) is 1. The van der Waals surface area contributed by atoms with Crippen molar-refractivity contribution in [3.63, 3.8) is 0 Å². The fourth-order valence-electron chi connectivity index (χ4n) is 2.31. The maximum atomic E-state index is 6.19. The molecule has 0 aliphatic carbocycles. The van der Waals surface area contributed by atoms with Crippen LogP contribution >= 0.6 is 47.2 Å². The Balaban J connectivity index is 0.00000264. The number of ether oxygens (including phenoxy) is 1. The highest BCUT2D eigenvalue weighted by molar-refractivity contribution is 14.0. The van der Waals surface area contributed by atoms with E-state index in [-0.39, 0.29) is 30.0 Å². The lowest BCUT2D eigenvalue weighted by atomic mass is 10.1. The molecule has 1 aromatic carbocycles. The molecule has 128 valence electrons. The van der Waals surface area contributed by atoms with Gasteiger partial charge in [0.15, 0.2) is 5.96 Å². The molecular formula is C16H22Cl2IN3O. The van der Waals surface area contributed by atoms with Gasteiger partial charge in [-0.05, 0) is 37.5 Å². The average molecular weight is 470 g/mol. The maximum absolute atomic E-state index is 6.19. The van der Waals surface area contributed by atoms with Gasteiger partial charge in [-0.25, -0.2) is 0 Å². The highest BCUT2D eigenvalue weighted by Gasteiger charge is 2.10. The van der Waals surface area contributed by atoms with Gasteiger partial charge in [0, 0.05) is 16.6 Å². The third-order valence-electron chi connectivity index (χ3n) is 3.57. The predicted octanol–water partition coefficient (Wildman–Crippen LogP) is 4.31. The fourth-order valence-corrected chi connectivity index (χ4v) is 2.88. The maximum Gasteiger partial charge on any atom is 0.189 e. The summed E-state index contributed by atoms with van der Waals surface area (Å²) >= 11 is 12.1. The molecule has 2 rings (SSSR count). The quantitative estimate of drug-likeness (QED) is 0.292. The van der Waals surface area contributed by atoms with Gasteiger partial charge in [-0.1, -0.05) is 40.9 Å². The SMILES string of the molecule is CC(NC(N)=NCCC1=CCOCC1)c1ccc(Cl)cc1Cl.I. The normalized spacial score (nSPS) is 16.3. The van der Waals surface area contributed by atoms with Gasteiger partial charge >= 0.3 is 0 Å². The summed E-state index contributed by atoms with van der Waals surface area (Å²) < 4.78 is 5.28. The number of halogens is 3. The van der Waals surface area contributed by atoms with Crippen LogP contribution in [0, 0.1) is 0 Å². The van der Waals surface area contributed by atoms with E-state index >= 15 is 0 Å². The Kier molecular flexibility index (Phi) is 9.27. The van der Waals surface area contributed by atoms with E-state index in [1.165, 1.54) is 5.57 Å². The lowest BCUT2D eigenvalue weighted by Crippen LogP contribution is -2.34. The first-order valence-corrected chi connectivity index (χ1v) is 8.09. The van der Waals surface area contributed by atoms with Crippen molar-refractivity contribution < 1.29 is 4.74 Å². The van der Waals surface area contributed by atoms with Crippen LogP contribution < -0.4 is 11.1 Å². The zero-order chi connectivity index (χ0) is 15.9. The standard InChI is InChI=1S/C16H21Cl2N3O.HI/c1-11(14-3-2-13(17)10-15(14)18)21-16(19)20-7-4-12-5-8-22-9-6-12;/h2-3,5,10-11H,4,6-9H2,1H3,(H3,19,20,21);1H. The van der Waals surface area contributed by atoms with Crippen molar-refractivity contribution in [3.8, 4) is 0 Å². The molecule has 23 heavy (non-hydrogen) atoms. The molecule has 0 saturated carbocycles. The molecule has 0 fully saturated rings. The van der Waals surface area contributed by atoms with E-state index in [0.29, 0.717) is 29.2 Å². The molecule has 0 amide bonds. The second-order valence-electron chi connectivity index (χ2n) is 5.24. The molecule has 4 nitrogen and oxygen atoms in total. The molecule has 0 aromatic heterocycles. The van der Waals surface area contributed by atoms with E-state index in [1.54, 1.807) is 6.07 Å². The highest BCUT2D eigenvalue weighted by Crippen LogP contribution is 2.25. The Morgan fingerprint density at radius 2 is 2.22 bits per heavy atom. The van der Waals surface area contributed by atoms with Crippen LogP contribution in [0.3, 0.4) is 0 Å². The average Bonchev–Trinajstić information content (AvgIpc) is 2.48. The minimum absolute atomic E-state index is 0. The van der Waals surface area contributed by atoms with Crippen molar-refractivity contribution in [1.29, 1.82) is 0 Å². The van der Waals surface area contributed by atoms with E-state index in [9.17, 15) is 0 Å². The van der Waals surface area contributed by atoms with Gasteiger partial charge in [-0.2, -0.15) is 0 Å². The Labute approximate surface area is 164 Å². The smallest absolute Gasteiger partial charge is 0.189 e. The van der Waals surface area contributed by atoms with Crippen LogP contribution in [0.2, 0.25) is 10.0 Å². The van der Waals surface area contributed by atoms with Gasteiger partial charge < -0.3 is 15.8 Å². The zero-order valence-electron chi connectivity index (χ0n) is 13.0. The summed E-state index contributed by atoms with van der Waals surface area (Å²) in [5.41, 5.74) is 8.26. The molecule has 1 aromatic rings. The van der Waals surface area contributed by atoms with E-state index in [4.69, 9.17) is 33.7 Å². The van der Waals surface area contributed by atoms with Crippen molar-refractivity contribution >= 4 is 53.1 Å². The van der Waals surface area contributed by atoms with Crippen molar-refractivity contribution in [3.05, 3.63) is 45.5 Å². The Bertz CT molecular complexity index is 578. The third-order valence-corrected chi connectivity index (χ3v) is 4.13. The Hall–Kier alpha value is -0.500. The van der Waals surface area contributed by atoms with Gasteiger partial charge in [0.2, 0.25) is 0 Å². The van der Waals surface area contributed by atoms with Crippen molar-refractivity contribution in [2.24, 2.45) is 10.7 Å². The summed E-state index contributed by atoms with van der Waals surface area (Å²) in [6, 6.07) is 5.39. The molecule has 7 heteroatoms. The minimum Gasteiger partial charge on any atom is -0.377 e. The number of aliphatic imine (C=N–C) groups is 1. The molecule has 1 unspecified atom stereocenters. The molecule has 3 N–H and O–H groups in total. The first-order chi connectivity index (χ1) is 10.6. The van der Waals surface area contributed by atoms with Crippen molar-refractivity contribution in [2.45, 2.75) is 25.8 Å². The second-order valence-corrected chi connectivity index (χ2v) is 6.08. The molecule has 1 atom stereocenters. The molecule has 0 bridgehead atoms. The zero-order valence-corrected chi connectivity index (χ0v) is 16.9. The number of hydrogen-bond acceptors (Lipinski definition) is 2. The summed E-state index contributed by atoms with van der Waals surface area (Å²) in [6.07, 6.45) is 4.03. The first-order valence-electron chi connectivity index (χ1n) is 7.33. The van der Waals surface area contributed by atoms with Crippen molar-refractivity contribution in [1.82, 2.24) is 5.32 Å². The number of nitrogens with zero attached hydrogens (tertiary/aromatic N) is 1. The molecule has 0 spiro atoms. The number of guanidine groups is 1. The molecule has 1 aliphatic rings. The van der Waals surface area contributed by atoms with Crippen LogP contribution in [0.25, 0.3) is 0 Å². The molecular weight excluding hydrogens is 448 g/mol. The summed E-state index contributed by atoms with van der Waals surface area (Å²) in [4.78, 5) is 4.36. The lowest BCUT2D eigenvalue weighted by Gasteiger charge is -2.17. The molecule has 0 radical (unpaired) electrons. The van der Waals surface area contributed by atoms with Crippen LogP contribution in [0.5, 0.6) is 0 Å². The number of hydrogen-bond donors (Lipinski definition) is 2. The fraction of sp³-hybridized carbons (Fsp3) is 0.438. The third kappa shape index (κ3) is 6.87. The van der Waals surface area contributed by atoms with Crippen LogP contribution in [0.15, 0.2) is 34.8 Å². The van der Waals surface area contributed by atoms with E-state index in [0.717, 1.165) is 25.0 Å². The number of rotatable bonds is 5. The van der Waals surface area contributed by atoms with Crippen LogP contribution in [0.1, 0.15) is 31.4 Å². The Morgan fingerprint density at radius 1 is 1.43 bits per heavy atom. The first kappa shape index (κ1) is 20.5. The summed E-state index contributed by atoms with van der Waals surface area (Å²) in [6.45, 7) is 4.17. The molecule has 0 saturated heterocycles. The van der Waals surface area contributed by atoms with Gasteiger partial charge in [-0.3, -0.25) is 4.99 Å². The molecule has 1 aliphatic heterocycles. The van der Waals surface area contributed by atoms with Crippen LogP contribution in [0.4, 0.5) is 0 Å². The van der Waals surface area contributed by atoms with E-state index in [1.807, 2.05) is 19.1 Å².